The minimum atomic E-state index is -0.692. The second-order valence-electron chi connectivity index (χ2n) is 2.92. The van der Waals surface area contributed by atoms with Gasteiger partial charge in [0.2, 0.25) is 5.91 Å². The van der Waals surface area contributed by atoms with Crippen molar-refractivity contribution in [3.8, 4) is 0 Å². The minimum Gasteiger partial charge on any atom is -0.292 e. The van der Waals surface area contributed by atoms with Crippen LogP contribution in [0.3, 0.4) is 0 Å². The molecule has 1 heterocycles. The lowest BCUT2D eigenvalue weighted by Gasteiger charge is -2.01. The lowest BCUT2D eigenvalue weighted by molar-refractivity contribution is -0.385. The van der Waals surface area contributed by atoms with Gasteiger partial charge in [0.1, 0.15) is 6.20 Å². The third kappa shape index (κ3) is 2.84. The number of amides is 2. The summed E-state index contributed by atoms with van der Waals surface area (Å²) in [6.45, 7) is 1.59. The Bertz CT molecular complexity index is 444. The minimum absolute atomic E-state index is 0.0176. The van der Waals surface area contributed by atoms with E-state index in [-0.39, 0.29) is 17.7 Å². The molecule has 7 nitrogen and oxygen atoms in total. The molecular formula is C9H9N3O4. The van der Waals surface area contributed by atoms with Crippen LogP contribution in [-0.2, 0) is 4.79 Å². The predicted molar refractivity (Wildman–Crippen MR) is 53.7 cm³/mol. The number of nitrogens with zero attached hydrogens (tertiary/aromatic N) is 2. The topological polar surface area (TPSA) is 102 Å². The van der Waals surface area contributed by atoms with E-state index in [0.717, 1.165) is 18.5 Å². The normalized spacial score (nSPS) is 9.56. The Morgan fingerprint density at radius 3 is 2.75 bits per heavy atom. The van der Waals surface area contributed by atoms with Crippen LogP contribution in [0.25, 0.3) is 0 Å². The van der Waals surface area contributed by atoms with Crippen LogP contribution in [0.2, 0.25) is 0 Å². The maximum atomic E-state index is 11.4. The van der Waals surface area contributed by atoms with Gasteiger partial charge in [-0.05, 0) is 0 Å². The fourth-order valence-corrected chi connectivity index (χ4v) is 0.939. The van der Waals surface area contributed by atoms with Crippen molar-refractivity contribution in [3.05, 3.63) is 34.1 Å². The van der Waals surface area contributed by atoms with Crippen molar-refractivity contribution in [1.82, 2.24) is 10.3 Å². The average Bonchev–Trinajstić information content (AvgIpc) is 2.28. The number of nitrogens with one attached hydrogen (secondary N) is 1. The highest BCUT2D eigenvalue weighted by Crippen LogP contribution is 2.10. The molecule has 0 spiro atoms. The van der Waals surface area contributed by atoms with Crippen molar-refractivity contribution in [2.75, 3.05) is 0 Å². The second kappa shape index (κ2) is 4.96. The average molecular weight is 223 g/mol. The number of hydrogen-bond acceptors (Lipinski definition) is 5. The highest BCUT2D eigenvalue weighted by atomic mass is 16.6. The van der Waals surface area contributed by atoms with Crippen LogP contribution in [-0.4, -0.2) is 21.7 Å². The Labute approximate surface area is 90.6 Å². The maximum Gasteiger partial charge on any atom is 0.288 e. The van der Waals surface area contributed by atoms with Crippen molar-refractivity contribution in [1.29, 1.82) is 0 Å². The lowest BCUT2D eigenvalue weighted by Crippen LogP contribution is -2.29. The number of rotatable bonds is 3. The van der Waals surface area contributed by atoms with Gasteiger partial charge < -0.3 is 0 Å². The molecule has 0 aliphatic carbocycles. The van der Waals surface area contributed by atoms with E-state index in [2.05, 4.69) is 10.3 Å². The number of carbonyl (C=O) groups excluding carboxylic acids is 2. The largest absolute Gasteiger partial charge is 0.292 e. The molecule has 0 saturated heterocycles. The van der Waals surface area contributed by atoms with Gasteiger partial charge in [0, 0.05) is 18.7 Å². The van der Waals surface area contributed by atoms with Crippen LogP contribution in [0.15, 0.2) is 18.5 Å². The zero-order valence-corrected chi connectivity index (χ0v) is 8.47. The van der Waals surface area contributed by atoms with Gasteiger partial charge in [-0.25, -0.2) is 0 Å². The van der Waals surface area contributed by atoms with Crippen molar-refractivity contribution < 1.29 is 14.5 Å². The van der Waals surface area contributed by atoms with Crippen LogP contribution in [0.4, 0.5) is 5.69 Å². The van der Waals surface area contributed by atoms with E-state index in [4.69, 9.17) is 0 Å². The molecule has 0 fully saturated rings. The van der Waals surface area contributed by atoms with Gasteiger partial charge in [-0.3, -0.25) is 30.0 Å². The molecule has 0 aliphatic rings. The third-order valence-corrected chi connectivity index (χ3v) is 1.77. The highest BCUT2D eigenvalue weighted by Gasteiger charge is 2.13. The fourth-order valence-electron chi connectivity index (χ4n) is 0.939. The van der Waals surface area contributed by atoms with E-state index in [1.165, 1.54) is 0 Å². The number of hydrogen-bond donors (Lipinski definition) is 1. The monoisotopic (exact) mass is 223 g/mol. The Morgan fingerprint density at radius 1 is 1.50 bits per heavy atom. The molecule has 1 aromatic rings. The van der Waals surface area contributed by atoms with Crippen LogP contribution in [0.5, 0.6) is 0 Å². The molecule has 0 aromatic carbocycles. The van der Waals surface area contributed by atoms with Crippen LogP contribution >= 0.6 is 0 Å². The van der Waals surface area contributed by atoms with Gasteiger partial charge in [0.05, 0.1) is 10.5 Å². The summed E-state index contributed by atoms with van der Waals surface area (Å²) in [7, 11) is 0. The van der Waals surface area contributed by atoms with E-state index in [1.54, 1.807) is 6.92 Å². The van der Waals surface area contributed by atoms with E-state index in [1.807, 2.05) is 0 Å². The van der Waals surface area contributed by atoms with Crippen molar-refractivity contribution in [2.24, 2.45) is 0 Å². The smallest absolute Gasteiger partial charge is 0.288 e. The summed E-state index contributed by atoms with van der Waals surface area (Å²) in [5.41, 5.74) is -0.312. The molecule has 1 N–H and O–H groups in total. The standard InChI is InChI=1S/C9H9N3O4/c1-2-8(13)11-9(14)6-3-7(12(15)16)5-10-4-6/h3-5H,2H2,1H3,(H,11,13,14). The number of carbonyl (C=O) groups is 2. The summed E-state index contributed by atoms with van der Waals surface area (Å²) in [5.74, 6) is -1.14. The quantitative estimate of drug-likeness (QED) is 0.598. The molecular weight excluding hydrogens is 214 g/mol. The molecule has 0 unspecified atom stereocenters. The first-order valence-corrected chi connectivity index (χ1v) is 4.48. The summed E-state index contributed by atoms with van der Waals surface area (Å²) in [6, 6.07) is 1.06. The third-order valence-electron chi connectivity index (χ3n) is 1.77. The van der Waals surface area contributed by atoms with Gasteiger partial charge in [-0.2, -0.15) is 0 Å². The van der Waals surface area contributed by atoms with E-state index >= 15 is 0 Å². The van der Waals surface area contributed by atoms with Crippen molar-refractivity contribution in [2.45, 2.75) is 13.3 Å². The number of imide groups is 1. The van der Waals surface area contributed by atoms with Crippen molar-refractivity contribution >= 4 is 17.5 Å². The molecule has 0 aliphatic heterocycles. The van der Waals surface area contributed by atoms with Crippen LogP contribution in [0, 0.1) is 10.1 Å². The Balaban J connectivity index is 2.88. The van der Waals surface area contributed by atoms with Gasteiger partial charge in [0.15, 0.2) is 0 Å². The molecule has 7 heteroatoms. The van der Waals surface area contributed by atoms with Gasteiger partial charge >= 0.3 is 0 Å². The molecule has 16 heavy (non-hydrogen) atoms. The first-order chi connectivity index (χ1) is 7.54. The van der Waals surface area contributed by atoms with Crippen LogP contribution < -0.4 is 5.32 Å². The second-order valence-corrected chi connectivity index (χ2v) is 2.92. The van der Waals surface area contributed by atoms with Crippen molar-refractivity contribution in [3.63, 3.8) is 0 Å². The van der Waals surface area contributed by atoms with Gasteiger partial charge in [-0.1, -0.05) is 6.92 Å². The zero-order valence-electron chi connectivity index (χ0n) is 8.47. The number of pyridine rings is 1. The first-order valence-electron chi connectivity index (χ1n) is 4.48. The Morgan fingerprint density at radius 2 is 2.19 bits per heavy atom. The fraction of sp³-hybridized carbons (Fsp3) is 0.222. The highest BCUT2D eigenvalue weighted by molar-refractivity contribution is 6.04. The summed E-state index contributed by atoms with van der Waals surface area (Å²) >= 11 is 0. The molecule has 84 valence electrons. The summed E-state index contributed by atoms with van der Waals surface area (Å²) < 4.78 is 0. The number of aromatic nitrogens is 1. The molecule has 0 radical (unpaired) electrons. The van der Waals surface area contributed by atoms with Crippen LogP contribution in [0.1, 0.15) is 23.7 Å². The molecule has 0 bridgehead atoms. The molecule has 0 atom stereocenters. The molecule has 1 aromatic heterocycles. The Hall–Kier alpha value is -2.31. The van der Waals surface area contributed by atoms with Gasteiger partial charge in [0.25, 0.3) is 11.6 Å². The van der Waals surface area contributed by atoms with E-state index < -0.39 is 16.7 Å². The molecule has 0 saturated carbocycles. The maximum absolute atomic E-state index is 11.4. The SMILES string of the molecule is CCC(=O)NC(=O)c1cncc([N+](=O)[O-])c1. The first kappa shape index (κ1) is 11.8. The van der Waals surface area contributed by atoms with Gasteiger partial charge in [-0.15, -0.1) is 0 Å². The summed E-state index contributed by atoms with van der Waals surface area (Å²) in [6.07, 6.45) is 2.35. The number of nitro groups is 1. The predicted octanol–water partition coefficient (Wildman–Crippen LogP) is 0.656. The molecule has 1 rings (SSSR count). The summed E-state index contributed by atoms with van der Waals surface area (Å²) in [5, 5.41) is 12.5. The zero-order chi connectivity index (χ0) is 12.1. The van der Waals surface area contributed by atoms with E-state index in [9.17, 15) is 19.7 Å². The molecule has 2 amide bonds. The summed E-state index contributed by atoms with van der Waals surface area (Å²) in [4.78, 5) is 35.6. The Kier molecular flexibility index (Phi) is 3.65. The lowest BCUT2D eigenvalue weighted by atomic mass is 10.2. The van der Waals surface area contributed by atoms with E-state index in [0.29, 0.717) is 0 Å².